The molecule has 5 aromatic rings. The Kier molecular flexibility index (Phi) is 7.09. The molecule has 0 unspecified atom stereocenters. The molecule has 1 fully saturated rings. The number of ether oxygens (including phenoxy) is 2. The summed E-state index contributed by atoms with van der Waals surface area (Å²) in [5, 5.41) is 7.65. The van der Waals surface area contributed by atoms with Gasteiger partial charge < -0.3 is 29.5 Å². The van der Waals surface area contributed by atoms with Crippen molar-refractivity contribution < 1.29 is 18.7 Å². The summed E-state index contributed by atoms with van der Waals surface area (Å²) in [5.74, 6) is 2.93. The van der Waals surface area contributed by atoms with Gasteiger partial charge in [0.25, 0.3) is 5.91 Å². The van der Waals surface area contributed by atoms with E-state index in [9.17, 15) is 4.79 Å². The molecule has 9 nitrogen and oxygen atoms in total. The molecule has 0 radical (unpaired) electrons. The minimum atomic E-state index is -0.0625. The zero-order chi connectivity index (χ0) is 27.5. The van der Waals surface area contributed by atoms with Crippen molar-refractivity contribution in [3.8, 4) is 33.9 Å². The lowest BCUT2D eigenvalue weighted by molar-refractivity contribution is 0.0922. The zero-order valence-electron chi connectivity index (χ0n) is 22.4. The van der Waals surface area contributed by atoms with Crippen LogP contribution in [0.2, 0.25) is 0 Å². The smallest absolute Gasteiger partial charge is 0.267 e. The lowest BCUT2D eigenvalue weighted by Crippen LogP contribution is -2.40. The molecule has 1 aliphatic rings. The van der Waals surface area contributed by atoms with E-state index in [0.717, 1.165) is 65.1 Å². The van der Waals surface area contributed by atoms with Gasteiger partial charge >= 0.3 is 0 Å². The Bertz CT molecular complexity index is 1590. The van der Waals surface area contributed by atoms with E-state index in [2.05, 4.69) is 25.6 Å². The Hall–Kier alpha value is -4.79. The molecule has 1 saturated carbocycles. The normalized spacial score (nSPS) is 16.9. The van der Waals surface area contributed by atoms with Gasteiger partial charge in [-0.3, -0.25) is 4.79 Å². The molecule has 204 valence electrons. The van der Waals surface area contributed by atoms with E-state index >= 15 is 0 Å². The molecule has 2 aromatic carbocycles. The molecule has 0 saturated heterocycles. The second kappa shape index (κ2) is 11.1. The van der Waals surface area contributed by atoms with E-state index in [0.29, 0.717) is 17.2 Å². The fourth-order valence-corrected chi connectivity index (χ4v) is 5.33. The molecule has 0 atom stereocenters. The van der Waals surface area contributed by atoms with Gasteiger partial charge in [0.05, 0.1) is 19.6 Å². The standard InChI is InChI=1S/C31H31N5O4/c1-38-23-13-5-19(6-14-23)26-27-29(33-18-34-31(27)40-28(26)20-7-15-24(39-2)16-8-20)35-21-9-11-22(12-10-21)36-30(37)25-4-3-17-32-25/h3-8,13-18,21-22,32H,9-12H2,1-2H3,(H,36,37)(H,33,34,35). The predicted molar refractivity (Wildman–Crippen MR) is 154 cm³/mol. The summed E-state index contributed by atoms with van der Waals surface area (Å²) in [4.78, 5) is 24.6. The van der Waals surface area contributed by atoms with Crippen molar-refractivity contribution in [3.05, 3.63) is 78.9 Å². The van der Waals surface area contributed by atoms with Crippen molar-refractivity contribution >= 4 is 22.8 Å². The molecule has 40 heavy (non-hydrogen) atoms. The third kappa shape index (κ3) is 5.10. The number of nitrogens with zero attached hydrogens (tertiary/aromatic N) is 2. The number of rotatable bonds is 8. The third-order valence-corrected chi connectivity index (χ3v) is 7.47. The lowest BCUT2D eigenvalue weighted by atomic mass is 9.91. The number of hydrogen-bond donors (Lipinski definition) is 3. The Labute approximate surface area is 231 Å². The average Bonchev–Trinajstić information content (AvgIpc) is 3.68. The van der Waals surface area contributed by atoms with Crippen LogP contribution in [0, 0.1) is 0 Å². The van der Waals surface area contributed by atoms with Crippen LogP contribution >= 0.6 is 0 Å². The topological polar surface area (TPSA) is 114 Å². The van der Waals surface area contributed by atoms with E-state index in [1.807, 2.05) is 54.6 Å². The summed E-state index contributed by atoms with van der Waals surface area (Å²) < 4.78 is 17.1. The lowest BCUT2D eigenvalue weighted by Gasteiger charge is -2.30. The maximum absolute atomic E-state index is 12.5. The van der Waals surface area contributed by atoms with Gasteiger partial charge in [-0.2, -0.15) is 0 Å². The molecule has 3 N–H and O–H groups in total. The van der Waals surface area contributed by atoms with Crippen molar-refractivity contribution in [2.24, 2.45) is 0 Å². The van der Waals surface area contributed by atoms with Gasteiger partial charge in [0.15, 0.2) is 0 Å². The molecule has 0 bridgehead atoms. The number of fused-ring (bicyclic) bond motifs is 1. The third-order valence-electron chi connectivity index (χ3n) is 7.47. The number of nitrogens with one attached hydrogen (secondary N) is 3. The van der Waals surface area contributed by atoms with Crippen LogP contribution in [0.5, 0.6) is 11.5 Å². The number of aromatic nitrogens is 3. The highest BCUT2D eigenvalue weighted by Gasteiger charge is 2.26. The molecule has 6 rings (SSSR count). The number of benzene rings is 2. The number of H-pyrrole nitrogens is 1. The number of anilines is 1. The Balaban J connectivity index is 1.30. The second-order valence-corrected chi connectivity index (χ2v) is 9.92. The van der Waals surface area contributed by atoms with E-state index < -0.39 is 0 Å². The monoisotopic (exact) mass is 537 g/mol. The Morgan fingerprint density at radius 1 is 0.875 bits per heavy atom. The number of carbonyl (C=O) groups is 1. The molecular weight excluding hydrogens is 506 g/mol. The van der Waals surface area contributed by atoms with Crippen LogP contribution in [0.1, 0.15) is 36.2 Å². The molecule has 0 aliphatic heterocycles. The van der Waals surface area contributed by atoms with Crippen LogP contribution in [0.25, 0.3) is 33.6 Å². The number of carbonyl (C=O) groups excluding carboxylic acids is 1. The summed E-state index contributed by atoms with van der Waals surface area (Å²) >= 11 is 0. The molecule has 0 spiro atoms. The van der Waals surface area contributed by atoms with Gasteiger partial charge in [-0.25, -0.2) is 9.97 Å². The first kappa shape index (κ1) is 25.5. The molecule has 1 amide bonds. The van der Waals surface area contributed by atoms with Gasteiger partial charge in [-0.15, -0.1) is 0 Å². The first-order valence-electron chi connectivity index (χ1n) is 13.4. The number of methoxy groups -OCH3 is 2. The Morgan fingerprint density at radius 3 is 2.15 bits per heavy atom. The first-order chi connectivity index (χ1) is 19.6. The quantitative estimate of drug-likeness (QED) is 0.221. The highest BCUT2D eigenvalue weighted by molar-refractivity contribution is 6.06. The minimum Gasteiger partial charge on any atom is -0.497 e. The van der Waals surface area contributed by atoms with Crippen molar-refractivity contribution in [2.45, 2.75) is 37.8 Å². The summed E-state index contributed by atoms with van der Waals surface area (Å²) in [6.45, 7) is 0. The number of hydrogen-bond acceptors (Lipinski definition) is 7. The Morgan fingerprint density at radius 2 is 1.52 bits per heavy atom. The van der Waals surface area contributed by atoms with Crippen LogP contribution in [-0.4, -0.2) is 47.2 Å². The fraction of sp³-hybridized carbons (Fsp3) is 0.258. The van der Waals surface area contributed by atoms with Crippen LogP contribution in [0.4, 0.5) is 5.82 Å². The van der Waals surface area contributed by atoms with Gasteiger partial charge in [0.1, 0.15) is 35.1 Å². The molecular formula is C31H31N5O4. The van der Waals surface area contributed by atoms with Crippen LogP contribution in [-0.2, 0) is 0 Å². The van der Waals surface area contributed by atoms with E-state index in [4.69, 9.17) is 13.9 Å². The average molecular weight is 538 g/mol. The van der Waals surface area contributed by atoms with Crippen molar-refractivity contribution in [3.63, 3.8) is 0 Å². The summed E-state index contributed by atoms with van der Waals surface area (Å²) in [7, 11) is 3.30. The zero-order valence-corrected chi connectivity index (χ0v) is 22.4. The van der Waals surface area contributed by atoms with Gasteiger partial charge in [-0.1, -0.05) is 12.1 Å². The first-order valence-corrected chi connectivity index (χ1v) is 13.4. The predicted octanol–water partition coefficient (Wildman–Crippen LogP) is 6.06. The summed E-state index contributed by atoms with van der Waals surface area (Å²) in [6, 6.07) is 19.7. The molecule has 1 aliphatic carbocycles. The van der Waals surface area contributed by atoms with Gasteiger partial charge in [0.2, 0.25) is 5.71 Å². The SMILES string of the molecule is COc1ccc(-c2oc3ncnc(NC4CCC(NC(=O)c5ccc[nH]5)CC4)c3c2-c2ccc(OC)cc2)cc1. The number of furan rings is 1. The van der Waals surface area contributed by atoms with Crippen LogP contribution < -0.4 is 20.1 Å². The van der Waals surface area contributed by atoms with Crippen molar-refractivity contribution in [2.75, 3.05) is 19.5 Å². The summed E-state index contributed by atoms with van der Waals surface area (Å²) in [6.07, 6.45) is 6.86. The minimum absolute atomic E-state index is 0.0625. The molecule has 3 aromatic heterocycles. The maximum Gasteiger partial charge on any atom is 0.267 e. The van der Waals surface area contributed by atoms with Crippen LogP contribution in [0.15, 0.2) is 77.6 Å². The van der Waals surface area contributed by atoms with Gasteiger partial charge in [0, 0.05) is 29.4 Å². The highest BCUT2D eigenvalue weighted by atomic mass is 16.5. The molecule has 3 heterocycles. The number of amides is 1. The van der Waals surface area contributed by atoms with E-state index in [1.165, 1.54) is 6.33 Å². The number of aromatic amines is 1. The highest BCUT2D eigenvalue weighted by Crippen LogP contribution is 2.43. The summed E-state index contributed by atoms with van der Waals surface area (Å²) in [5.41, 5.74) is 3.90. The van der Waals surface area contributed by atoms with E-state index in [-0.39, 0.29) is 18.0 Å². The van der Waals surface area contributed by atoms with E-state index in [1.54, 1.807) is 26.5 Å². The van der Waals surface area contributed by atoms with Crippen LogP contribution in [0.3, 0.4) is 0 Å². The maximum atomic E-state index is 12.5. The largest absolute Gasteiger partial charge is 0.497 e. The fourth-order valence-electron chi connectivity index (χ4n) is 5.33. The van der Waals surface area contributed by atoms with Crippen molar-refractivity contribution in [1.29, 1.82) is 0 Å². The second-order valence-electron chi connectivity index (χ2n) is 9.92. The van der Waals surface area contributed by atoms with Crippen molar-refractivity contribution in [1.82, 2.24) is 20.3 Å². The molecule has 9 heteroatoms. The van der Waals surface area contributed by atoms with Gasteiger partial charge in [-0.05, 0) is 79.8 Å².